The average Bonchev–Trinajstić information content (AvgIpc) is 3.71. The number of phenols is 2. The van der Waals surface area contributed by atoms with Crippen molar-refractivity contribution in [1.29, 1.82) is 0 Å². The number of benzene rings is 2. The van der Waals surface area contributed by atoms with Crippen LogP contribution in [-0.2, 0) is 33.3 Å². The van der Waals surface area contributed by atoms with E-state index in [0.717, 1.165) is 0 Å². The van der Waals surface area contributed by atoms with Gasteiger partial charge in [-0.3, -0.25) is 28.8 Å². The monoisotopic (exact) mass is 704 g/mol. The zero-order valence-electron chi connectivity index (χ0n) is 28.0. The molecule has 268 valence electrons. The number of aliphatic hydroxyl groups excluding tert-OH is 1. The van der Waals surface area contributed by atoms with Crippen LogP contribution in [0.15, 0.2) is 47.5 Å². The van der Waals surface area contributed by atoms with Crippen molar-refractivity contribution < 1.29 is 67.8 Å². The molecule has 14 nitrogen and oxygen atoms in total. The Morgan fingerprint density at radius 1 is 0.843 bits per heavy atom. The quantitative estimate of drug-likeness (QED) is 0.292. The Balaban J connectivity index is 0.000000159. The third-order valence-electron chi connectivity index (χ3n) is 10.5. The maximum Gasteiger partial charge on any atom is 0.309 e. The minimum Gasteiger partial charge on any atom is -0.507 e. The molecule has 51 heavy (non-hydrogen) atoms. The number of carbonyl (C=O) groups is 6. The summed E-state index contributed by atoms with van der Waals surface area (Å²) in [6.45, 7) is 3.83. The molecule has 4 aliphatic heterocycles. The smallest absolute Gasteiger partial charge is 0.309 e. The molecular weight excluding hydrogens is 668 g/mol. The Bertz CT molecular complexity index is 1930. The Hall–Kier alpha value is -4.76. The van der Waals surface area contributed by atoms with Crippen LogP contribution in [0.3, 0.4) is 0 Å². The topological polar surface area (TPSA) is 213 Å². The molecule has 14 heteroatoms. The number of aliphatic hydroxyl groups is 1. The van der Waals surface area contributed by atoms with Crippen LogP contribution in [0.2, 0.25) is 0 Å². The highest BCUT2D eigenvalue weighted by molar-refractivity contribution is 6.29. The number of phenolic OH excluding ortho intramolecular Hbond substituents is 2. The van der Waals surface area contributed by atoms with Crippen molar-refractivity contribution in [3.8, 4) is 11.5 Å². The van der Waals surface area contributed by atoms with Gasteiger partial charge in [0.2, 0.25) is 17.2 Å². The standard InChI is InChI=1S/C19H20O7.C18H16O7/c1-3-5-11-15-16(18(23)12(26-11)8-13(21)25-2)17(22)9-6-4-7-10(20)14(9)19(15)24;1-2-4-11-17-15(22)13-8(5-3-6-9(13)19)14(21)18(17,25-17)16-10(23-11)7-12(20)24-16/h4,6-7,11-12,18,20,23H,3,5,8H2,1-2H3;3,5-6,10-11,16,19H,2,4,7H2,1H3/t11-,12-,18+;10-,11-,16+,17?,18?/m11/s1. The fourth-order valence-electron chi connectivity index (χ4n) is 8.23. The van der Waals surface area contributed by atoms with Gasteiger partial charge in [0.05, 0.1) is 49.4 Å². The summed E-state index contributed by atoms with van der Waals surface area (Å²) in [6.07, 6.45) is -3.21. The molecule has 6 aliphatic rings. The zero-order valence-corrected chi connectivity index (χ0v) is 28.0. The lowest BCUT2D eigenvalue weighted by molar-refractivity contribution is -0.148. The number of hydrogen-bond donors (Lipinski definition) is 3. The molecule has 2 aromatic carbocycles. The van der Waals surface area contributed by atoms with Crippen LogP contribution in [0.1, 0.15) is 93.8 Å². The van der Waals surface area contributed by atoms with Crippen molar-refractivity contribution in [2.24, 2.45) is 0 Å². The van der Waals surface area contributed by atoms with Gasteiger partial charge >= 0.3 is 11.9 Å². The summed E-state index contributed by atoms with van der Waals surface area (Å²) >= 11 is 0. The van der Waals surface area contributed by atoms with Crippen LogP contribution < -0.4 is 0 Å². The first kappa shape index (κ1) is 34.7. The molecule has 3 N–H and O–H groups in total. The Morgan fingerprint density at radius 2 is 1.51 bits per heavy atom. The summed E-state index contributed by atoms with van der Waals surface area (Å²) < 4.78 is 27.6. The first-order valence-electron chi connectivity index (χ1n) is 16.9. The van der Waals surface area contributed by atoms with Gasteiger partial charge in [0.25, 0.3) is 0 Å². The van der Waals surface area contributed by atoms with Crippen molar-refractivity contribution in [3.05, 3.63) is 69.8 Å². The van der Waals surface area contributed by atoms with Gasteiger partial charge in [-0.15, -0.1) is 0 Å². The van der Waals surface area contributed by atoms with E-state index >= 15 is 0 Å². The number of aromatic hydroxyl groups is 2. The molecule has 2 unspecified atom stereocenters. The van der Waals surface area contributed by atoms with Gasteiger partial charge in [-0.25, -0.2) is 0 Å². The summed E-state index contributed by atoms with van der Waals surface area (Å²) in [5, 5.41) is 30.9. The largest absolute Gasteiger partial charge is 0.507 e. The Labute approximate surface area is 291 Å². The fourth-order valence-corrected chi connectivity index (χ4v) is 8.23. The number of carbonyl (C=O) groups excluding carboxylic acids is 6. The van der Waals surface area contributed by atoms with Crippen molar-refractivity contribution in [1.82, 2.24) is 0 Å². The van der Waals surface area contributed by atoms with Crippen LogP contribution in [-0.4, -0.2) is 105 Å². The molecule has 0 saturated carbocycles. The van der Waals surface area contributed by atoms with Gasteiger partial charge < -0.3 is 39.0 Å². The van der Waals surface area contributed by atoms with Gasteiger partial charge in [0.15, 0.2) is 23.3 Å². The van der Waals surface area contributed by atoms with Crippen LogP contribution in [0.25, 0.3) is 0 Å². The highest BCUT2D eigenvalue weighted by Gasteiger charge is 2.91. The molecule has 2 aromatic rings. The number of esters is 2. The molecule has 0 spiro atoms. The molecule has 3 fully saturated rings. The highest BCUT2D eigenvalue weighted by Crippen LogP contribution is 2.66. The van der Waals surface area contributed by atoms with E-state index in [-0.39, 0.29) is 57.7 Å². The molecule has 0 bridgehead atoms. The normalized spacial score (nSPS) is 32.7. The number of fused-ring (bicyclic) bond motifs is 3. The molecule has 0 aromatic heterocycles. The fraction of sp³-hybridized carbons (Fsp3) is 0.459. The molecule has 4 heterocycles. The van der Waals surface area contributed by atoms with Gasteiger partial charge in [-0.2, -0.15) is 0 Å². The second-order valence-electron chi connectivity index (χ2n) is 13.4. The summed E-state index contributed by atoms with van der Waals surface area (Å²) in [4.78, 5) is 75.9. The summed E-state index contributed by atoms with van der Waals surface area (Å²) in [5.74, 6) is -3.54. The molecule has 3 saturated heterocycles. The zero-order chi connectivity index (χ0) is 36.6. The van der Waals surface area contributed by atoms with E-state index < -0.39 is 82.9 Å². The van der Waals surface area contributed by atoms with Crippen molar-refractivity contribution in [3.63, 3.8) is 0 Å². The number of Topliss-reactive ketones (excluding diaryl/α,β-unsaturated/α-hetero) is 4. The number of epoxide rings is 1. The van der Waals surface area contributed by atoms with Crippen molar-refractivity contribution in [2.75, 3.05) is 7.11 Å². The first-order chi connectivity index (χ1) is 24.4. The van der Waals surface area contributed by atoms with E-state index in [1.54, 1.807) is 0 Å². The lowest BCUT2D eigenvalue weighted by Gasteiger charge is -2.39. The van der Waals surface area contributed by atoms with Crippen molar-refractivity contribution >= 4 is 35.1 Å². The summed E-state index contributed by atoms with van der Waals surface area (Å²) in [5.41, 5.74) is -2.98. The number of rotatable bonds is 6. The number of methoxy groups -OCH3 is 1. The van der Waals surface area contributed by atoms with E-state index in [1.807, 2.05) is 13.8 Å². The summed E-state index contributed by atoms with van der Waals surface area (Å²) in [6, 6.07) is 8.60. The van der Waals surface area contributed by atoms with Crippen molar-refractivity contribution in [2.45, 2.75) is 100 Å². The highest BCUT2D eigenvalue weighted by atomic mass is 16.7. The van der Waals surface area contributed by atoms with E-state index in [9.17, 15) is 44.1 Å². The minimum absolute atomic E-state index is 0.0342. The Kier molecular flexibility index (Phi) is 8.48. The van der Waals surface area contributed by atoms with Gasteiger partial charge in [-0.1, -0.05) is 51.0 Å². The predicted octanol–water partition coefficient (Wildman–Crippen LogP) is 2.72. The first-order valence-corrected chi connectivity index (χ1v) is 16.9. The van der Waals surface area contributed by atoms with Gasteiger partial charge in [0.1, 0.15) is 23.7 Å². The molecule has 0 amide bonds. The predicted molar refractivity (Wildman–Crippen MR) is 171 cm³/mol. The molecular formula is C37H36O14. The second-order valence-corrected chi connectivity index (χ2v) is 13.4. The number of ether oxygens (including phenoxy) is 5. The number of hydrogen-bond acceptors (Lipinski definition) is 14. The minimum atomic E-state index is -1.53. The van der Waals surface area contributed by atoms with E-state index in [4.69, 9.17) is 18.9 Å². The van der Waals surface area contributed by atoms with Gasteiger partial charge in [0, 0.05) is 22.3 Å². The van der Waals surface area contributed by atoms with Crippen LogP contribution >= 0.6 is 0 Å². The maximum atomic E-state index is 13.3. The molecule has 8 rings (SSSR count). The number of ketones is 4. The van der Waals surface area contributed by atoms with E-state index in [0.29, 0.717) is 25.7 Å². The molecule has 2 aliphatic carbocycles. The van der Waals surface area contributed by atoms with Crippen LogP contribution in [0, 0.1) is 0 Å². The third-order valence-corrected chi connectivity index (χ3v) is 10.5. The van der Waals surface area contributed by atoms with E-state index in [2.05, 4.69) is 4.74 Å². The lowest BCUT2D eigenvalue weighted by atomic mass is 9.66. The average molecular weight is 705 g/mol. The molecule has 8 atom stereocenters. The SMILES string of the molecule is CCC[C@H]1O[C@@H]2CC(=O)O[C@@H]2C23OC12C(=O)c1c(O)cccc1C3=O.CCC[C@H]1O[C@H](CC(=O)OC)[C@H](O)C2=C1C(=O)c1c(O)cccc1C2=O. The van der Waals surface area contributed by atoms with Gasteiger partial charge in [-0.05, 0) is 25.0 Å². The van der Waals surface area contributed by atoms with Crippen LogP contribution in [0.5, 0.6) is 11.5 Å². The molecule has 0 radical (unpaired) electrons. The lowest BCUT2D eigenvalue weighted by Crippen LogP contribution is -2.63. The third kappa shape index (κ3) is 4.84. The summed E-state index contributed by atoms with van der Waals surface area (Å²) in [7, 11) is 1.22. The van der Waals surface area contributed by atoms with Crippen LogP contribution in [0.4, 0.5) is 0 Å². The van der Waals surface area contributed by atoms with E-state index in [1.165, 1.54) is 43.5 Å². The Morgan fingerprint density at radius 3 is 2.18 bits per heavy atom. The second kappa shape index (κ2) is 12.5. The maximum absolute atomic E-state index is 13.3.